The molecule has 2 N–H and O–H groups in total. The van der Waals surface area contributed by atoms with E-state index in [1.54, 1.807) is 4.90 Å². The molecule has 0 spiro atoms. The highest BCUT2D eigenvalue weighted by Crippen LogP contribution is 2.02. The Hall–Kier alpha value is -1.29. The molecule has 1 aromatic rings. The van der Waals surface area contributed by atoms with Crippen molar-refractivity contribution in [3.05, 3.63) is 35.4 Å². The lowest BCUT2D eigenvalue weighted by Gasteiger charge is -2.34. The molecule has 1 aliphatic rings. The van der Waals surface area contributed by atoms with E-state index in [-0.39, 0.29) is 0 Å². The average molecular weight is 350 g/mol. The molecular formula is C17H25N4S2+. The summed E-state index contributed by atoms with van der Waals surface area (Å²) in [5.74, 6) is 1.18. The van der Waals surface area contributed by atoms with Gasteiger partial charge in [-0.15, -0.1) is 0 Å². The van der Waals surface area contributed by atoms with E-state index in [2.05, 4.69) is 34.7 Å². The Morgan fingerprint density at radius 2 is 2.04 bits per heavy atom. The van der Waals surface area contributed by atoms with Crippen molar-refractivity contribution in [2.24, 2.45) is 0 Å². The second-order valence-electron chi connectivity index (χ2n) is 5.80. The van der Waals surface area contributed by atoms with E-state index in [0.29, 0.717) is 0 Å². The smallest absolute Gasteiger partial charge is 0.169 e. The summed E-state index contributed by atoms with van der Waals surface area (Å²) in [6.45, 7) is 6.23. The third-order valence-corrected chi connectivity index (χ3v) is 5.20. The first-order chi connectivity index (χ1) is 11.2. The molecule has 0 atom stereocenters. The lowest BCUT2D eigenvalue weighted by molar-refractivity contribution is -0.917. The number of quaternary nitrogens is 1. The maximum atomic E-state index is 8.84. The zero-order valence-corrected chi connectivity index (χ0v) is 15.3. The van der Waals surface area contributed by atoms with Crippen molar-refractivity contribution >= 4 is 29.1 Å². The Morgan fingerprint density at radius 3 is 2.65 bits per heavy atom. The zero-order valence-electron chi connectivity index (χ0n) is 13.7. The Balaban J connectivity index is 1.70. The molecule has 2 rings (SSSR count). The Bertz CT molecular complexity index is 531. The van der Waals surface area contributed by atoms with Gasteiger partial charge in [-0.3, -0.25) is 0 Å². The van der Waals surface area contributed by atoms with Crippen LogP contribution in [0.25, 0.3) is 0 Å². The van der Waals surface area contributed by atoms with Crippen molar-refractivity contribution in [2.45, 2.75) is 13.0 Å². The molecule has 0 amide bonds. The number of nitrogens with zero attached hydrogens (tertiary/aromatic N) is 2. The van der Waals surface area contributed by atoms with Gasteiger partial charge in [-0.1, -0.05) is 12.1 Å². The molecule has 0 bridgehead atoms. The standard InChI is InChI=1S/C17H24N4S2/c1-23-12-2-7-19-17(22)21-10-8-20(9-11-21)14-16-5-3-15(13-18)4-6-16/h3-6H,2,7-12,14H2,1H3,(H,19,22)/p+1. The van der Waals surface area contributed by atoms with Gasteiger partial charge in [-0.05, 0) is 42.8 Å². The van der Waals surface area contributed by atoms with Gasteiger partial charge in [0.25, 0.3) is 0 Å². The van der Waals surface area contributed by atoms with Crippen LogP contribution in [0.4, 0.5) is 0 Å². The van der Waals surface area contributed by atoms with E-state index < -0.39 is 0 Å². The lowest BCUT2D eigenvalue weighted by atomic mass is 10.1. The fourth-order valence-electron chi connectivity index (χ4n) is 2.71. The second-order valence-corrected chi connectivity index (χ2v) is 7.17. The van der Waals surface area contributed by atoms with Gasteiger partial charge >= 0.3 is 0 Å². The van der Waals surface area contributed by atoms with E-state index in [1.807, 2.05) is 23.9 Å². The average Bonchev–Trinajstić information content (AvgIpc) is 2.60. The molecular weight excluding hydrogens is 324 g/mol. The lowest BCUT2D eigenvalue weighted by Crippen LogP contribution is -3.13. The van der Waals surface area contributed by atoms with E-state index in [1.165, 1.54) is 11.3 Å². The van der Waals surface area contributed by atoms with Crippen molar-refractivity contribution in [2.75, 3.05) is 44.7 Å². The van der Waals surface area contributed by atoms with Gasteiger partial charge in [0.05, 0.1) is 37.8 Å². The van der Waals surface area contributed by atoms with Gasteiger partial charge in [-0.2, -0.15) is 17.0 Å². The summed E-state index contributed by atoms with van der Waals surface area (Å²) in [6, 6.07) is 10.1. The maximum absolute atomic E-state index is 8.84. The van der Waals surface area contributed by atoms with Crippen molar-refractivity contribution in [3.63, 3.8) is 0 Å². The van der Waals surface area contributed by atoms with Crippen LogP contribution in [0.1, 0.15) is 17.5 Å². The van der Waals surface area contributed by atoms with Crippen molar-refractivity contribution in [3.8, 4) is 6.07 Å². The summed E-state index contributed by atoms with van der Waals surface area (Å²) in [6.07, 6.45) is 3.29. The van der Waals surface area contributed by atoms with Crippen LogP contribution in [0.3, 0.4) is 0 Å². The summed E-state index contributed by atoms with van der Waals surface area (Å²) in [7, 11) is 0. The first-order valence-corrected chi connectivity index (χ1v) is 9.87. The number of thiocarbonyl (C=S) groups is 1. The van der Waals surface area contributed by atoms with Gasteiger partial charge in [-0.25, -0.2) is 0 Å². The van der Waals surface area contributed by atoms with Crippen LogP contribution in [0.5, 0.6) is 0 Å². The third kappa shape index (κ3) is 6.02. The molecule has 0 radical (unpaired) electrons. The largest absolute Gasteiger partial charge is 0.363 e. The highest BCUT2D eigenvalue weighted by atomic mass is 32.2. The molecule has 0 saturated carbocycles. The molecule has 0 unspecified atom stereocenters. The molecule has 1 fully saturated rings. The summed E-state index contributed by atoms with van der Waals surface area (Å²) in [4.78, 5) is 3.87. The number of rotatable bonds is 6. The van der Waals surface area contributed by atoms with Crippen LogP contribution in [0.15, 0.2) is 24.3 Å². The first kappa shape index (κ1) is 18.1. The number of hydrogen-bond donors (Lipinski definition) is 2. The normalized spacial score (nSPS) is 15.2. The molecule has 1 aromatic carbocycles. The number of piperazine rings is 1. The monoisotopic (exact) mass is 349 g/mol. The van der Waals surface area contributed by atoms with Crippen molar-refractivity contribution in [1.82, 2.24) is 10.2 Å². The predicted molar refractivity (Wildman–Crippen MR) is 101 cm³/mol. The second kappa shape index (κ2) is 9.76. The number of nitriles is 1. The van der Waals surface area contributed by atoms with Gasteiger partial charge in [0.2, 0.25) is 0 Å². The van der Waals surface area contributed by atoms with E-state index in [0.717, 1.165) is 56.4 Å². The summed E-state index contributed by atoms with van der Waals surface area (Å²) < 4.78 is 0. The van der Waals surface area contributed by atoms with Gasteiger partial charge in [0.1, 0.15) is 6.54 Å². The molecule has 0 aliphatic carbocycles. The van der Waals surface area contributed by atoms with Crippen LogP contribution in [-0.4, -0.2) is 54.7 Å². The molecule has 23 heavy (non-hydrogen) atoms. The quantitative estimate of drug-likeness (QED) is 0.590. The van der Waals surface area contributed by atoms with Crippen LogP contribution < -0.4 is 10.2 Å². The fraction of sp³-hybridized carbons (Fsp3) is 0.529. The minimum Gasteiger partial charge on any atom is -0.363 e. The first-order valence-electron chi connectivity index (χ1n) is 8.07. The van der Waals surface area contributed by atoms with Crippen molar-refractivity contribution < 1.29 is 4.90 Å². The highest BCUT2D eigenvalue weighted by Gasteiger charge is 2.21. The molecule has 1 aliphatic heterocycles. The Labute approximate surface area is 148 Å². The highest BCUT2D eigenvalue weighted by molar-refractivity contribution is 7.98. The number of benzene rings is 1. The Kier molecular flexibility index (Phi) is 7.66. The van der Waals surface area contributed by atoms with Crippen molar-refractivity contribution in [1.29, 1.82) is 5.26 Å². The van der Waals surface area contributed by atoms with Crippen LogP contribution in [-0.2, 0) is 6.54 Å². The van der Waals surface area contributed by atoms with E-state index in [4.69, 9.17) is 17.5 Å². The number of hydrogen-bond acceptors (Lipinski definition) is 3. The van der Waals surface area contributed by atoms with Gasteiger partial charge in [0, 0.05) is 12.1 Å². The van der Waals surface area contributed by atoms with Crippen LogP contribution in [0.2, 0.25) is 0 Å². The summed E-state index contributed by atoms with van der Waals surface area (Å²) in [5.41, 5.74) is 2.02. The van der Waals surface area contributed by atoms with E-state index >= 15 is 0 Å². The summed E-state index contributed by atoms with van der Waals surface area (Å²) in [5, 5.41) is 13.1. The maximum Gasteiger partial charge on any atom is 0.169 e. The molecule has 0 aromatic heterocycles. The number of thioether (sulfide) groups is 1. The fourth-order valence-corrected chi connectivity index (χ4v) is 3.43. The predicted octanol–water partition coefficient (Wildman–Crippen LogP) is 0.886. The SMILES string of the molecule is CSCCCNC(=S)N1CC[NH+](Cc2ccc(C#N)cc2)CC1. The zero-order chi connectivity index (χ0) is 16.5. The van der Waals surface area contributed by atoms with Gasteiger partial charge in [0.15, 0.2) is 5.11 Å². The van der Waals surface area contributed by atoms with E-state index in [9.17, 15) is 0 Å². The Morgan fingerprint density at radius 1 is 1.35 bits per heavy atom. The topological polar surface area (TPSA) is 43.5 Å². The summed E-state index contributed by atoms with van der Waals surface area (Å²) >= 11 is 7.36. The molecule has 6 heteroatoms. The van der Waals surface area contributed by atoms with Gasteiger partial charge < -0.3 is 15.1 Å². The molecule has 1 heterocycles. The molecule has 124 valence electrons. The minimum atomic E-state index is 0.728. The molecule has 4 nitrogen and oxygen atoms in total. The number of nitrogens with one attached hydrogen (secondary N) is 2. The molecule has 1 saturated heterocycles. The minimum absolute atomic E-state index is 0.728. The van der Waals surface area contributed by atoms with Crippen LogP contribution in [0, 0.1) is 11.3 Å². The van der Waals surface area contributed by atoms with Crippen LogP contribution >= 0.6 is 24.0 Å². The third-order valence-electron chi connectivity index (χ3n) is 4.10.